The van der Waals surface area contributed by atoms with Gasteiger partial charge in [0.1, 0.15) is 11.6 Å². The fraction of sp³-hybridized carbons (Fsp3) is 0.0769. The lowest BCUT2D eigenvalue weighted by molar-refractivity contribution is 0.602. The summed E-state index contributed by atoms with van der Waals surface area (Å²) in [4.78, 5) is 0. The van der Waals surface area contributed by atoms with Gasteiger partial charge >= 0.3 is 0 Å². The molecule has 0 bridgehead atoms. The fourth-order valence-corrected chi connectivity index (χ4v) is 1.92. The maximum atomic E-state index is 13.3. The smallest absolute Gasteiger partial charge is 0.146 e. The standard InChI is InChI=1S/C13H10BrF2N/c14-10-3-1-2-9(6-10)8-17-13-7-11(15)4-5-12(13)16/h1-7,17H,8H2. The Balaban J connectivity index is 2.09. The van der Waals surface area contributed by atoms with Crippen LogP contribution in [0.1, 0.15) is 5.56 Å². The molecule has 88 valence electrons. The van der Waals surface area contributed by atoms with E-state index in [-0.39, 0.29) is 5.69 Å². The topological polar surface area (TPSA) is 12.0 Å². The summed E-state index contributed by atoms with van der Waals surface area (Å²) in [6.07, 6.45) is 0. The number of nitrogens with one attached hydrogen (secondary N) is 1. The Morgan fingerprint density at radius 1 is 1.06 bits per heavy atom. The van der Waals surface area contributed by atoms with Gasteiger partial charge in [0.2, 0.25) is 0 Å². The number of hydrogen-bond acceptors (Lipinski definition) is 1. The predicted octanol–water partition coefficient (Wildman–Crippen LogP) is 4.34. The molecule has 0 unspecified atom stereocenters. The van der Waals surface area contributed by atoms with Crippen LogP contribution in [0.2, 0.25) is 0 Å². The first kappa shape index (κ1) is 12.0. The number of hydrogen-bond donors (Lipinski definition) is 1. The molecular weight excluding hydrogens is 288 g/mol. The van der Waals surface area contributed by atoms with Crippen LogP contribution in [-0.2, 0) is 6.54 Å². The summed E-state index contributed by atoms with van der Waals surface area (Å²) in [6.45, 7) is 0.444. The molecule has 0 saturated heterocycles. The predicted molar refractivity (Wildman–Crippen MR) is 67.8 cm³/mol. The lowest BCUT2D eigenvalue weighted by Crippen LogP contribution is -2.01. The van der Waals surface area contributed by atoms with Crippen molar-refractivity contribution in [2.24, 2.45) is 0 Å². The molecule has 0 aromatic heterocycles. The molecule has 17 heavy (non-hydrogen) atoms. The quantitative estimate of drug-likeness (QED) is 0.889. The largest absolute Gasteiger partial charge is 0.379 e. The van der Waals surface area contributed by atoms with E-state index in [1.807, 2.05) is 24.3 Å². The summed E-state index contributed by atoms with van der Waals surface area (Å²) in [7, 11) is 0. The molecule has 0 aliphatic rings. The summed E-state index contributed by atoms with van der Waals surface area (Å²) in [6, 6.07) is 11.0. The number of anilines is 1. The molecule has 2 aromatic rings. The lowest BCUT2D eigenvalue weighted by atomic mass is 10.2. The summed E-state index contributed by atoms with van der Waals surface area (Å²) in [5.41, 5.74) is 1.16. The molecule has 1 nitrogen and oxygen atoms in total. The molecule has 0 amide bonds. The van der Waals surface area contributed by atoms with Crippen molar-refractivity contribution in [2.75, 3.05) is 5.32 Å². The fourth-order valence-electron chi connectivity index (χ4n) is 1.48. The lowest BCUT2D eigenvalue weighted by Gasteiger charge is -2.08. The first-order valence-electron chi connectivity index (χ1n) is 5.08. The van der Waals surface area contributed by atoms with Crippen LogP contribution in [-0.4, -0.2) is 0 Å². The Kier molecular flexibility index (Phi) is 3.74. The molecule has 0 aliphatic carbocycles. The van der Waals surface area contributed by atoms with Gasteiger partial charge in [-0.25, -0.2) is 8.78 Å². The van der Waals surface area contributed by atoms with E-state index < -0.39 is 11.6 Å². The second kappa shape index (κ2) is 5.27. The number of halogens is 3. The van der Waals surface area contributed by atoms with Crippen LogP contribution in [0.5, 0.6) is 0 Å². The van der Waals surface area contributed by atoms with E-state index in [2.05, 4.69) is 21.2 Å². The van der Waals surface area contributed by atoms with Gasteiger partial charge in [-0.3, -0.25) is 0 Å². The van der Waals surface area contributed by atoms with Crippen LogP contribution in [0.15, 0.2) is 46.9 Å². The third-order valence-electron chi connectivity index (χ3n) is 2.30. The van der Waals surface area contributed by atoms with E-state index in [0.29, 0.717) is 6.54 Å². The van der Waals surface area contributed by atoms with Gasteiger partial charge in [0, 0.05) is 11.0 Å². The molecule has 0 atom stereocenters. The Labute approximate surface area is 107 Å². The average molecular weight is 298 g/mol. The van der Waals surface area contributed by atoms with Crippen LogP contribution in [0.3, 0.4) is 0 Å². The molecule has 2 rings (SSSR count). The van der Waals surface area contributed by atoms with Crippen molar-refractivity contribution in [1.82, 2.24) is 0 Å². The van der Waals surface area contributed by atoms with Crippen LogP contribution in [0.4, 0.5) is 14.5 Å². The first-order valence-corrected chi connectivity index (χ1v) is 5.88. The van der Waals surface area contributed by atoms with Crippen LogP contribution < -0.4 is 5.32 Å². The zero-order chi connectivity index (χ0) is 12.3. The maximum Gasteiger partial charge on any atom is 0.146 e. The molecule has 0 fully saturated rings. The van der Waals surface area contributed by atoms with Crippen molar-refractivity contribution >= 4 is 21.6 Å². The monoisotopic (exact) mass is 297 g/mol. The first-order chi connectivity index (χ1) is 8.15. The van der Waals surface area contributed by atoms with E-state index in [1.54, 1.807) is 0 Å². The normalized spacial score (nSPS) is 10.3. The van der Waals surface area contributed by atoms with E-state index in [4.69, 9.17) is 0 Å². The molecule has 2 aromatic carbocycles. The zero-order valence-electron chi connectivity index (χ0n) is 8.88. The Morgan fingerprint density at radius 3 is 2.65 bits per heavy atom. The van der Waals surface area contributed by atoms with Gasteiger partial charge in [0.05, 0.1) is 5.69 Å². The van der Waals surface area contributed by atoms with Crippen LogP contribution in [0.25, 0.3) is 0 Å². The second-order valence-corrected chi connectivity index (χ2v) is 4.52. The zero-order valence-corrected chi connectivity index (χ0v) is 10.5. The summed E-state index contributed by atoms with van der Waals surface area (Å²) < 4.78 is 27.2. The van der Waals surface area contributed by atoms with E-state index >= 15 is 0 Å². The highest BCUT2D eigenvalue weighted by Crippen LogP contribution is 2.17. The van der Waals surface area contributed by atoms with Gasteiger partial charge in [-0.2, -0.15) is 0 Å². The van der Waals surface area contributed by atoms with E-state index in [0.717, 1.165) is 28.2 Å². The average Bonchev–Trinajstić information content (AvgIpc) is 2.30. The molecule has 0 spiro atoms. The summed E-state index contributed by atoms with van der Waals surface area (Å²) in [5, 5.41) is 2.86. The highest BCUT2D eigenvalue weighted by Gasteiger charge is 2.03. The minimum Gasteiger partial charge on any atom is -0.379 e. The van der Waals surface area contributed by atoms with Crippen molar-refractivity contribution in [3.8, 4) is 0 Å². The highest BCUT2D eigenvalue weighted by atomic mass is 79.9. The highest BCUT2D eigenvalue weighted by molar-refractivity contribution is 9.10. The van der Waals surface area contributed by atoms with Crippen molar-refractivity contribution in [1.29, 1.82) is 0 Å². The van der Waals surface area contributed by atoms with Gasteiger partial charge < -0.3 is 5.32 Å². The molecule has 0 radical (unpaired) electrons. The third-order valence-corrected chi connectivity index (χ3v) is 2.79. The van der Waals surface area contributed by atoms with Crippen LogP contribution in [0, 0.1) is 11.6 Å². The SMILES string of the molecule is Fc1ccc(F)c(NCc2cccc(Br)c2)c1. The molecule has 0 aliphatic heterocycles. The minimum atomic E-state index is -0.457. The Bertz CT molecular complexity index is 529. The minimum absolute atomic E-state index is 0.171. The summed E-state index contributed by atoms with van der Waals surface area (Å²) >= 11 is 3.35. The molecule has 1 N–H and O–H groups in total. The van der Waals surface area contributed by atoms with Crippen LogP contribution >= 0.6 is 15.9 Å². The third kappa shape index (κ3) is 3.27. The van der Waals surface area contributed by atoms with E-state index in [1.165, 1.54) is 0 Å². The van der Waals surface area contributed by atoms with Gasteiger partial charge in [-0.05, 0) is 35.9 Å². The number of benzene rings is 2. The van der Waals surface area contributed by atoms with Gasteiger partial charge in [-0.1, -0.05) is 28.1 Å². The molecule has 0 heterocycles. The molecule has 4 heteroatoms. The van der Waals surface area contributed by atoms with Gasteiger partial charge in [0.15, 0.2) is 0 Å². The maximum absolute atomic E-state index is 13.3. The Morgan fingerprint density at radius 2 is 1.88 bits per heavy atom. The molecule has 0 saturated carbocycles. The second-order valence-electron chi connectivity index (χ2n) is 3.61. The van der Waals surface area contributed by atoms with Gasteiger partial charge in [-0.15, -0.1) is 0 Å². The van der Waals surface area contributed by atoms with Crippen molar-refractivity contribution in [3.63, 3.8) is 0 Å². The van der Waals surface area contributed by atoms with Crippen molar-refractivity contribution in [2.45, 2.75) is 6.54 Å². The summed E-state index contributed by atoms with van der Waals surface area (Å²) in [5.74, 6) is -0.912. The van der Waals surface area contributed by atoms with E-state index in [9.17, 15) is 8.78 Å². The Hall–Kier alpha value is -1.42. The van der Waals surface area contributed by atoms with Crippen molar-refractivity contribution in [3.05, 3.63) is 64.1 Å². The van der Waals surface area contributed by atoms with Crippen molar-refractivity contribution < 1.29 is 8.78 Å². The van der Waals surface area contributed by atoms with Gasteiger partial charge in [0.25, 0.3) is 0 Å². The number of rotatable bonds is 3. The molecular formula is C13H10BrF2N.